The second kappa shape index (κ2) is 6.58. The molecule has 0 aromatic heterocycles. The zero-order chi connectivity index (χ0) is 15.4. The van der Waals surface area contributed by atoms with Gasteiger partial charge in [0.05, 0.1) is 10.7 Å². The summed E-state index contributed by atoms with van der Waals surface area (Å²) in [6.07, 6.45) is 1.61. The Morgan fingerprint density at radius 2 is 2.29 bits per heavy atom. The molecule has 0 N–H and O–H groups in total. The number of benzene rings is 1. The molecule has 0 fully saturated rings. The Hall–Kier alpha value is -2.08. The van der Waals surface area contributed by atoms with Crippen LogP contribution >= 0.6 is 22.6 Å². The van der Waals surface area contributed by atoms with E-state index in [9.17, 15) is 4.79 Å². The monoisotopic (exact) mass is 398 g/mol. The summed E-state index contributed by atoms with van der Waals surface area (Å²) >= 11 is 2.07. The zero-order valence-corrected chi connectivity index (χ0v) is 13.5. The first-order valence-electron chi connectivity index (χ1n) is 5.91. The number of esters is 1. The van der Waals surface area contributed by atoms with Crippen LogP contribution in [0.1, 0.15) is 12.5 Å². The van der Waals surface area contributed by atoms with Crippen molar-refractivity contribution in [3.05, 3.63) is 27.0 Å². The van der Waals surface area contributed by atoms with Crippen molar-refractivity contribution in [3.8, 4) is 17.6 Å². The van der Waals surface area contributed by atoms with Crippen LogP contribution in [0, 0.1) is 14.9 Å². The molecule has 0 unspecified atom stereocenters. The summed E-state index contributed by atoms with van der Waals surface area (Å²) in [5.41, 5.74) is 0.960. The van der Waals surface area contributed by atoms with Gasteiger partial charge in [0.1, 0.15) is 6.07 Å². The molecule has 0 atom stereocenters. The fraction of sp³-hybridized carbons (Fsp3) is 0.214. The molecule has 1 aliphatic heterocycles. The highest BCUT2D eigenvalue weighted by Gasteiger charge is 2.20. The van der Waals surface area contributed by atoms with E-state index in [0.29, 0.717) is 17.4 Å². The summed E-state index contributed by atoms with van der Waals surface area (Å²) in [5, 5.41) is 8.59. The summed E-state index contributed by atoms with van der Waals surface area (Å²) in [5.74, 6) is 0.819. The molecule has 6 nitrogen and oxygen atoms in total. The van der Waals surface area contributed by atoms with Crippen molar-refractivity contribution in [2.75, 3.05) is 13.7 Å². The molecule has 2 rings (SSSR count). The average Bonchev–Trinajstić information content (AvgIpc) is 2.75. The molecule has 0 saturated carbocycles. The fourth-order valence-corrected chi connectivity index (χ4v) is 2.52. The van der Waals surface area contributed by atoms with Crippen molar-refractivity contribution >= 4 is 40.5 Å². The molecule has 0 amide bonds. The Morgan fingerprint density at radius 1 is 1.52 bits per heavy atom. The third kappa shape index (κ3) is 3.52. The van der Waals surface area contributed by atoms with Crippen molar-refractivity contribution < 1.29 is 19.0 Å². The van der Waals surface area contributed by atoms with Crippen LogP contribution in [0.5, 0.6) is 11.5 Å². The van der Waals surface area contributed by atoms with Crippen molar-refractivity contribution in [1.29, 1.82) is 5.26 Å². The van der Waals surface area contributed by atoms with Crippen molar-refractivity contribution in [3.63, 3.8) is 0 Å². The Kier molecular flexibility index (Phi) is 4.80. The van der Waals surface area contributed by atoms with Crippen LogP contribution in [-0.4, -0.2) is 25.6 Å². The molecule has 0 aliphatic carbocycles. The van der Waals surface area contributed by atoms with E-state index in [1.807, 2.05) is 6.07 Å². The topological polar surface area (TPSA) is 80.9 Å². The maximum atomic E-state index is 11.5. The lowest BCUT2D eigenvalue weighted by Gasteiger charge is -2.11. The third-order valence-electron chi connectivity index (χ3n) is 2.56. The smallest absolute Gasteiger partial charge is 0.363 e. The van der Waals surface area contributed by atoms with Gasteiger partial charge in [0.15, 0.2) is 29.7 Å². The molecule has 7 heteroatoms. The van der Waals surface area contributed by atoms with Crippen molar-refractivity contribution in [1.82, 2.24) is 0 Å². The van der Waals surface area contributed by atoms with Gasteiger partial charge in [0, 0.05) is 6.92 Å². The summed E-state index contributed by atoms with van der Waals surface area (Å²) < 4.78 is 16.2. The van der Waals surface area contributed by atoms with Gasteiger partial charge in [0.2, 0.25) is 0 Å². The van der Waals surface area contributed by atoms with E-state index >= 15 is 0 Å². The molecule has 0 spiro atoms. The van der Waals surface area contributed by atoms with Crippen LogP contribution in [0.4, 0.5) is 0 Å². The van der Waals surface area contributed by atoms with Crippen LogP contribution in [0.25, 0.3) is 6.08 Å². The average molecular weight is 398 g/mol. The standard InChI is InChI=1S/C14H11IN2O4/c1-8-17-11(14(18)21-8)6-9-5-10(15)13(20-4-3-16)12(7-9)19-2/h5-7H,4H2,1-2H3/b11-6-. The zero-order valence-electron chi connectivity index (χ0n) is 11.3. The summed E-state index contributed by atoms with van der Waals surface area (Å²) in [6, 6.07) is 5.42. The van der Waals surface area contributed by atoms with Crippen molar-refractivity contribution in [2.45, 2.75) is 6.92 Å². The van der Waals surface area contributed by atoms with Crippen LogP contribution in [0.2, 0.25) is 0 Å². The molecule has 1 aromatic carbocycles. The number of methoxy groups -OCH3 is 1. The van der Waals surface area contributed by atoms with Gasteiger partial charge in [-0.25, -0.2) is 9.79 Å². The third-order valence-corrected chi connectivity index (χ3v) is 3.36. The van der Waals surface area contributed by atoms with E-state index in [1.165, 1.54) is 7.11 Å². The number of nitrogens with zero attached hydrogens (tertiary/aromatic N) is 2. The largest absolute Gasteiger partial charge is 0.493 e. The minimum atomic E-state index is -0.480. The van der Waals surface area contributed by atoms with Gasteiger partial charge >= 0.3 is 5.97 Å². The molecule has 21 heavy (non-hydrogen) atoms. The first-order chi connectivity index (χ1) is 10.0. The Bertz CT molecular complexity index is 689. The molecule has 0 bridgehead atoms. The number of aliphatic imine (C=N–C) groups is 1. The Morgan fingerprint density at radius 3 is 2.86 bits per heavy atom. The first-order valence-corrected chi connectivity index (χ1v) is 6.99. The molecule has 0 radical (unpaired) electrons. The van der Waals surface area contributed by atoms with Gasteiger partial charge in [-0.15, -0.1) is 0 Å². The number of rotatable bonds is 4. The number of hydrogen-bond donors (Lipinski definition) is 0. The maximum absolute atomic E-state index is 11.5. The maximum Gasteiger partial charge on any atom is 0.363 e. The van der Waals surface area contributed by atoms with Gasteiger partial charge in [0.25, 0.3) is 0 Å². The van der Waals surface area contributed by atoms with Gasteiger partial charge in [-0.3, -0.25) is 0 Å². The summed E-state index contributed by atoms with van der Waals surface area (Å²) in [4.78, 5) is 15.5. The fourth-order valence-electron chi connectivity index (χ4n) is 1.74. The number of hydrogen-bond acceptors (Lipinski definition) is 6. The minimum Gasteiger partial charge on any atom is -0.493 e. The second-order valence-corrected chi connectivity index (χ2v) is 5.19. The molecule has 0 saturated heterocycles. The lowest BCUT2D eigenvalue weighted by Crippen LogP contribution is -2.01. The predicted molar refractivity (Wildman–Crippen MR) is 84.0 cm³/mol. The molecular weight excluding hydrogens is 387 g/mol. The Labute approximate surface area is 135 Å². The molecule has 1 aromatic rings. The first kappa shape index (κ1) is 15.3. The van der Waals surface area contributed by atoms with E-state index in [1.54, 1.807) is 25.1 Å². The van der Waals surface area contributed by atoms with E-state index < -0.39 is 5.97 Å². The summed E-state index contributed by atoms with van der Waals surface area (Å²) in [7, 11) is 1.51. The summed E-state index contributed by atoms with van der Waals surface area (Å²) in [6.45, 7) is 1.55. The number of nitriles is 1. The van der Waals surface area contributed by atoms with Gasteiger partial charge in [-0.05, 0) is 46.4 Å². The van der Waals surface area contributed by atoms with Crippen molar-refractivity contribution in [2.24, 2.45) is 4.99 Å². The van der Waals surface area contributed by atoms with Crippen LogP contribution in [-0.2, 0) is 9.53 Å². The van der Waals surface area contributed by atoms with E-state index in [-0.39, 0.29) is 12.3 Å². The minimum absolute atomic E-state index is 0.0669. The number of carbonyl (C=O) groups is 1. The van der Waals surface area contributed by atoms with Crippen LogP contribution in [0.3, 0.4) is 0 Å². The normalized spacial score (nSPS) is 15.4. The van der Waals surface area contributed by atoms with Crippen LogP contribution in [0.15, 0.2) is 22.8 Å². The molecule has 1 aliphatic rings. The van der Waals surface area contributed by atoms with Gasteiger partial charge in [-0.2, -0.15) is 5.26 Å². The number of halogens is 1. The highest BCUT2D eigenvalue weighted by Crippen LogP contribution is 2.34. The molecule has 108 valence electrons. The SMILES string of the molecule is COc1cc(/C=C2\N=C(C)OC2=O)cc(I)c1OCC#N. The second-order valence-electron chi connectivity index (χ2n) is 4.03. The molecule has 1 heterocycles. The number of cyclic esters (lactones) is 1. The number of carbonyl (C=O) groups excluding carboxylic acids is 1. The van der Waals surface area contributed by atoms with Gasteiger partial charge < -0.3 is 14.2 Å². The van der Waals surface area contributed by atoms with E-state index in [2.05, 4.69) is 27.6 Å². The van der Waals surface area contributed by atoms with E-state index in [0.717, 1.165) is 9.13 Å². The van der Waals surface area contributed by atoms with Crippen LogP contribution < -0.4 is 9.47 Å². The lowest BCUT2D eigenvalue weighted by molar-refractivity contribution is -0.130. The highest BCUT2D eigenvalue weighted by atomic mass is 127. The quantitative estimate of drug-likeness (QED) is 0.443. The van der Waals surface area contributed by atoms with Gasteiger partial charge in [-0.1, -0.05) is 0 Å². The number of ether oxygens (including phenoxy) is 3. The lowest BCUT2D eigenvalue weighted by atomic mass is 10.1. The highest BCUT2D eigenvalue weighted by molar-refractivity contribution is 14.1. The Balaban J connectivity index is 2.39. The molecular formula is C14H11IN2O4. The van der Waals surface area contributed by atoms with E-state index in [4.69, 9.17) is 19.5 Å². The predicted octanol–water partition coefficient (Wildman–Crippen LogP) is 2.52.